The second-order valence-corrected chi connectivity index (χ2v) is 8.03. The van der Waals surface area contributed by atoms with Gasteiger partial charge in [-0.1, -0.05) is 18.2 Å². The summed E-state index contributed by atoms with van der Waals surface area (Å²) in [5.74, 6) is 0.550. The number of hydrogen-bond acceptors (Lipinski definition) is 6. The highest BCUT2D eigenvalue weighted by atomic mass is 32.2. The van der Waals surface area contributed by atoms with Gasteiger partial charge in [-0.15, -0.1) is 0 Å². The molecule has 0 radical (unpaired) electrons. The van der Waals surface area contributed by atoms with Gasteiger partial charge in [0.15, 0.2) is 5.82 Å². The summed E-state index contributed by atoms with van der Waals surface area (Å²) in [5, 5.41) is 0.681. The molecule has 132 valence electrons. The molecule has 0 amide bonds. The average Bonchev–Trinajstić information content (AvgIpc) is 2.99. The highest BCUT2D eigenvalue weighted by molar-refractivity contribution is 7.99. The number of piperidine rings is 1. The number of nitrogens with zero attached hydrogens (tertiary/aromatic N) is 4. The van der Waals surface area contributed by atoms with Crippen LogP contribution in [0, 0.1) is 11.2 Å². The largest absolute Gasteiger partial charge is 0.355 e. The molecule has 1 spiro atoms. The van der Waals surface area contributed by atoms with Crippen LogP contribution in [0.3, 0.4) is 0 Å². The third kappa shape index (κ3) is 3.35. The Morgan fingerprint density at radius 3 is 2.64 bits per heavy atom. The summed E-state index contributed by atoms with van der Waals surface area (Å²) < 4.78 is 13.7. The van der Waals surface area contributed by atoms with Crippen molar-refractivity contribution in [2.45, 2.75) is 48.1 Å². The minimum Gasteiger partial charge on any atom is -0.355 e. The minimum atomic E-state index is -0.340. The van der Waals surface area contributed by atoms with Crippen molar-refractivity contribution in [1.29, 1.82) is 0 Å². The van der Waals surface area contributed by atoms with Crippen molar-refractivity contribution < 1.29 is 4.39 Å². The lowest BCUT2D eigenvalue weighted by atomic mass is 9.74. The number of halogens is 1. The van der Waals surface area contributed by atoms with Crippen LogP contribution < -0.4 is 10.6 Å². The van der Waals surface area contributed by atoms with Crippen LogP contribution in [0.4, 0.5) is 10.2 Å². The molecule has 1 atom stereocenters. The zero-order valence-electron chi connectivity index (χ0n) is 14.1. The molecule has 2 N–H and O–H groups in total. The molecule has 1 saturated heterocycles. The summed E-state index contributed by atoms with van der Waals surface area (Å²) in [6.45, 7) is 1.96. The molecule has 0 unspecified atom stereocenters. The van der Waals surface area contributed by atoms with Crippen molar-refractivity contribution >= 4 is 17.6 Å². The van der Waals surface area contributed by atoms with Crippen molar-refractivity contribution in [3.05, 3.63) is 36.7 Å². The Hall–Kier alpha value is -1.73. The normalized spacial score (nSPS) is 22.5. The fourth-order valence-corrected chi connectivity index (χ4v) is 4.77. The standard InChI is InChI=1S/C18H22FN5S/c19-13-10-21-7-3-14(13)25-17-12-22-16(11-23-17)24-8-5-18(6-9-24)4-1-2-15(18)20/h3,7,10-12,15H,1-2,4-6,8-9,20H2/t15-/m1/s1. The molecule has 2 aromatic rings. The van der Waals surface area contributed by atoms with Crippen LogP contribution >= 0.6 is 11.8 Å². The van der Waals surface area contributed by atoms with E-state index in [1.165, 1.54) is 30.8 Å². The first-order chi connectivity index (χ1) is 12.2. The summed E-state index contributed by atoms with van der Waals surface area (Å²) in [6.07, 6.45) is 12.2. The molecule has 3 heterocycles. The van der Waals surface area contributed by atoms with Crippen molar-refractivity contribution in [1.82, 2.24) is 15.0 Å². The molecular formula is C18H22FN5S. The Bertz CT molecular complexity index is 731. The van der Waals surface area contributed by atoms with Gasteiger partial charge in [0.05, 0.1) is 23.5 Å². The third-order valence-corrected chi connectivity index (χ3v) is 6.59. The SMILES string of the molecule is N[C@@H]1CCCC12CCN(c1cnc(Sc3ccncc3F)cn1)CC2. The van der Waals surface area contributed by atoms with Gasteiger partial charge in [-0.25, -0.2) is 14.4 Å². The van der Waals surface area contributed by atoms with E-state index < -0.39 is 0 Å². The Labute approximate surface area is 151 Å². The van der Waals surface area contributed by atoms with Crippen LogP contribution in [0.2, 0.25) is 0 Å². The molecule has 0 bridgehead atoms. The molecule has 2 fully saturated rings. The van der Waals surface area contributed by atoms with Crippen molar-refractivity contribution in [2.24, 2.45) is 11.1 Å². The lowest BCUT2D eigenvalue weighted by Gasteiger charge is -2.42. The molecule has 2 aromatic heterocycles. The monoisotopic (exact) mass is 359 g/mol. The first-order valence-corrected chi connectivity index (χ1v) is 9.58. The van der Waals surface area contributed by atoms with Gasteiger partial charge in [-0.3, -0.25) is 4.98 Å². The summed E-state index contributed by atoms with van der Waals surface area (Å²) in [6, 6.07) is 2.00. The Morgan fingerprint density at radius 1 is 1.16 bits per heavy atom. The van der Waals surface area contributed by atoms with Crippen molar-refractivity contribution in [3.63, 3.8) is 0 Å². The van der Waals surface area contributed by atoms with E-state index >= 15 is 0 Å². The van der Waals surface area contributed by atoms with Crippen LogP contribution in [0.5, 0.6) is 0 Å². The molecule has 1 aliphatic heterocycles. The van der Waals surface area contributed by atoms with Gasteiger partial charge in [0.2, 0.25) is 0 Å². The number of anilines is 1. The summed E-state index contributed by atoms with van der Waals surface area (Å²) in [4.78, 5) is 15.5. The lowest BCUT2D eigenvalue weighted by molar-refractivity contribution is 0.197. The van der Waals surface area contributed by atoms with Crippen LogP contribution in [0.25, 0.3) is 0 Å². The van der Waals surface area contributed by atoms with Gasteiger partial charge in [0.25, 0.3) is 0 Å². The fourth-order valence-electron chi connectivity index (χ4n) is 4.05. The second-order valence-electron chi connectivity index (χ2n) is 6.97. The highest BCUT2D eigenvalue weighted by Crippen LogP contribution is 2.45. The molecule has 1 aliphatic carbocycles. The van der Waals surface area contributed by atoms with Gasteiger partial charge in [-0.2, -0.15) is 0 Å². The topological polar surface area (TPSA) is 67.9 Å². The number of rotatable bonds is 3. The Morgan fingerprint density at radius 2 is 2.00 bits per heavy atom. The van der Waals surface area contributed by atoms with Gasteiger partial charge < -0.3 is 10.6 Å². The van der Waals surface area contributed by atoms with E-state index in [1.807, 2.05) is 0 Å². The van der Waals surface area contributed by atoms with Crippen LogP contribution in [0.15, 0.2) is 40.8 Å². The van der Waals surface area contributed by atoms with E-state index in [1.54, 1.807) is 24.7 Å². The Balaban J connectivity index is 1.40. The van der Waals surface area contributed by atoms with E-state index in [2.05, 4.69) is 19.9 Å². The molecule has 2 aliphatic rings. The molecular weight excluding hydrogens is 337 g/mol. The van der Waals surface area contributed by atoms with E-state index in [4.69, 9.17) is 5.73 Å². The van der Waals surface area contributed by atoms with E-state index in [9.17, 15) is 4.39 Å². The summed E-state index contributed by atoms with van der Waals surface area (Å²) in [7, 11) is 0. The first kappa shape index (κ1) is 16.7. The molecule has 4 rings (SSSR count). The molecule has 1 saturated carbocycles. The third-order valence-electron chi connectivity index (χ3n) is 5.62. The van der Waals surface area contributed by atoms with Crippen molar-refractivity contribution in [3.8, 4) is 0 Å². The second kappa shape index (κ2) is 6.88. The van der Waals surface area contributed by atoms with Crippen LogP contribution in [0.1, 0.15) is 32.1 Å². The van der Waals surface area contributed by atoms with E-state index in [0.717, 1.165) is 38.2 Å². The average molecular weight is 359 g/mol. The van der Waals surface area contributed by atoms with Crippen LogP contribution in [-0.2, 0) is 0 Å². The summed E-state index contributed by atoms with van der Waals surface area (Å²) >= 11 is 1.26. The molecule has 25 heavy (non-hydrogen) atoms. The first-order valence-electron chi connectivity index (χ1n) is 8.76. The maximum atomic E-state index is 13.7. The molecule has 5 nitrogen and oxygen atoms in total. The van der Waals surface area contributed by atoms with Crippen LogP contribution in [-0.4, -0.2) is 34.1 Å². The predicted molar refractivity (Wildman–Crippen MR) is 96.1 cm³/mol. The number of pyridine rings is 1. The predicted octanol–water partition coefficient (Wildman–Crippen LogP) is 3.26. The number of hydrogen-bond donors (Lipinski definition) is 1. The smallest absolute Gasteiger partial charge is 0.155 e. The molecule has 0 aromatic carbocycles. The summed E-state index contributed by atoms with van der Waals surface area (Å²) in [5.41, 5.74) is 6.70. The zero-order valence-corrected chi connectivity index (χ0v) is 14.9. The quantitative estimate of drug-likeness (QED) is 0.907. The molecule has 7 heteroatoms. The number of aromatic nitrogens is 3. The maximum absolute atomic E-state index is 13.7. The highest BCUT2D eigenvalue weighted by Gasteiger charge is 2.42. The van der Waals surface area contributed by atoms with Gasteiger partial charge in [0, 0.05) is 25.3 Å². The zero-order chi connectivity index (χ0) is 17.3. The fraction of sp³-hybridized carbons (Fsp3) is 0.500. The number of nitrogens with two attached hydrogens (primary N) is 1. The van der Waals surface area contributed by atoms with Gasteiger partial charge >= 0.3 is 0 Å². The maximum Gasteiger partial charge on any atom is 0.155 e. The minimum absolute atomic E-state index is 0.340. The lowest BCUT2D eigenvalue weighted by Crippen LogP contribution is -2.47. The van der Waals surface area contributed by atoms with E-state index in [0.29, 0.717) is 21.4 Å². The van der Waals surface area contributed by atoms with Gasteiger partial charge in [0.1, 0.15) is 10.8 Å². The Kier molecular flexibility index (Phi) is 4.60. The van der Waals surface area contributed by atoms with E-state index in [-0.39, 0.29) is 5.82 Å². The van der Waals surface area contributed by atoms with Gasteiger partial charge in [-0.05, 0) is 37.2 Å². The van der Waals surface area contributed by atoms with Crippen molar-refractivity contribution in [2.75, 3.05) is 18.0 Å².